The number of nitrogens with one attached hydrogen (secondary N) is 2. The van der Waals surface area contributed by atoms with Gasteiger partial charge in [0.2, 0.25) is 17.5 Å². The van der Waals surface area contributed by atoms with E-state index in [1.807, 2.05) is 12.1 Å². The van der Waals surface area contributed by atoms with Crippen molar-refractivity contribution in [2.24, 2.45) is 0 Å². The highest BCUT2D eigenvalue weighted by atomic mass is 16.3. The van der Waals surface area contributed by atoms with Gasteiger partial charge in [-0.2, -0.15) is 5.43 Å². The van der Waals surface area contributed by atoms with Crippen LogP contribution in [0, 0.1) is 0 Å². The first-order valence-corrected chi connectivity index (χ1v) is 7.99. The molecule has 7 nitrogen and oxygen atoms in total. The van der Waals surface area contributed by atoms with E-state index in [9.17, 15) is 19.5 Å². The first kappa shape index (κ1) is 16.2. The van der Waals surface area contributed by atoms with Crippen molar-refractivity contribution in [2.75, 3.05) is 5.01 Å². The zero-order chi connectivity index (χ0) is 18.5. The number of Topliss-reactive ketones (excluding diaryl/α,β-unsaturated/α-hetero) is 2. The molecule has 0 spiro atoms. The summed E-state index contributed by atoms with van der Waals surface area (Å²) in [6.07, 6.45) is 1.57. The van der Waals surface area contributed by atoms with Gasteiger partial charge in [0.25, 0.3) is 5.72 Å². The summed E-state index contributed by atoms with van der Waals surface area (Å²) in [5.41, 5.74) is 1.33. The van der Waals surface area contributed by atoms with Crippen LogP contribution < -0.4 is 10.4 Å². The van der Waals surface area contributed by atoms with Crippen LogP contribution in [0.2, 0.25) is 0 Å². The number of nitrogens with zero attached hydrogens (tertiary/aromatic N) is 1. The zero-order valence-corrected chi connectivity index (χ0v) is 13.8. The fourth-order valence-electron chi connectivity index (χ4n) is 3.19. The van der Waals surface area contributed by atoms with Gasteiger partial charge in [0.05, 0.1) is 5.69 Å². The lowest BCUT2D eigenvalue weighted by Crippen LogP contribution is -2.62. The number of aromatic nitrogens is 1. The minimum absolute atomic E-state index is 0.120. The molecule has 0 radical (unpaired) electrons. The maximum absolute atomic E-state index is 12.6. The van der Waals surface area contributed by atoms with Crippen molar-refractivity contribution in [1.29, 1.82) is 0 Å². The van der Waals surface area contributed by atoms with Crippen LogP contribution in [0.1, 0.15) is 27.6 Å². The lowest BCUT2D eigenvalue weighted by Gasteiger charge is -2.29. The van der Waals surface area contributed by atoms with Crippen molar-refractivity contribution in [3.63, 3.8) is 0 Å². The molecule has 0 aliphatic heterocycles. The number of hydrogen-bond donors (Lipinski definition) is 3. The van der Waals surface area contributed by atoms with E-state index in [-0.39, 0.29) is 11.1 Å². The summed E-state index contributed by atoms with van der Waals surface area (Å²) >= 11 is 0. The highest BCUT2D eigenvalue weighted by Gasteiger charge is 2.53. The van der Waals surface area contributed by atoms with Crippen LogP contribution in [0.15, 0.2) is 54.7 Å². The largest absolute Gasteiger partial charge is 0.361 e. The van der Waals surface area contributed by atoms with Gasteiger partial charge in [-0.1, -0.05) is 42.5 Å². The Morgan fingerprint density at radius 2 is 1.62 bits per heavy atom. The highest BCUT2D eigenvalue weighted by Crippen LogP contribution is 2.31. The molecule has 0 atom stereocenters. The predicted octanol–water partition coefficient (Wildman–Crippen LogP) is 1.79. The predicted molar refractivity (Wildman–Crippen MR) is 94.6 cm³/mol. The second-order valence-electron chi connectivity index (χ2n) is 6.10. The lowest BCUT2D eigenvalue weighted by atomic mass is 10.1. The number of rotatable bonds is 3. The molecule has 130 valence electrons. The summed E-state index contributed by atoms with van der Waals surface area (Å²) in [6, 6.07) is 13.4. The third-order valence-electron chi connectivity index (χ3n) is 4.47. The molecule has 7 heteroatoms. The van der Waals surface area contributed by atoms with E-state index in [1.165, 1.54) is 19.1 Å². The maximum atomic E-state index is 12.6. The number of H-pyrrole nitrogens is 1. The van der Waals surface area contributed by atoms with Gasteiger partial charge in [0.15, 0.2) is 0 Å². The van der Waals surface area contributed by atoms with Gasteiger partial charge >= 0.3 is 0 Å². The normalized spacial score (nSPS) is 15.3. The Hall–Kier alpha value is -3.29. The molecular weight excluding hydrogens is 334 g/mol. The van der Waals surface area contributed by atoms with Crippen molar-refractivity contribution in [3.8, 4) is 0 Å². The quantitative estimate of drug-likeness (QED) is 0.380. The third kappa shape index (κ3) is 2.18. The summed E-state index contributed by atoms with van der Waals surface area (Å²) in [6.45, 7) is 1.27. The van der Waals surface area contributed by atoms with E-state index in [0.717, 1.165) is 10.5 Å². The summed E-state index contributed by atoms with van der Waals surface area (Å²) in [5, 5.41) is 12.5. The minimum atomic E-state index is -2.53. The highest BCUT2D eigenvalue weighted by molar-refractivity contribution is 6.31. The Labute approximate surface area is 148 Å². The van der Waals surface area contributed by atoms with Gasteiger partial charge < -0.3 is 10.1 Å². The van der Waals surface area contributed by atoms with Crippen LogP contribution in [-0.2, 0) is 4.79 Å². The van der Waals surface area contributed by atoms with E-state index in [0.29, 0.717) is 11.1 Å². The number of carbonyl (C=O) groups excluding carboxylic acids is 3. The molecule has 1 aliphatic rings. The first-order valence-electron chi connectivity index (χ1n) is 7.99. The molecular formula is C19H15N3O4. The number of ketones is 2. The molecule has 1 aliphatic carbocycles. The smallest absolute Gasteiger partial charge is 0.262 e. The Morgan fingerprint density at radius 1 is 1.04 bits per heavy atom. The summed E-state index contributed by atoms with van der Waals surface area (Å²) < 4.78 is 0. The number of anilines is 1. The van der Waals surface area contributed by atoms with Crippen molar-refractivity contribution in [3.05, 3.63) is 65.9 Å². The number of aromatic amines is 1. The number of hydrogen-bond acceptors (Lipinski definition) is 5. The molecule has 1 aromatic heterocycles. The first-order chi connectivity index (χ1) is 12.4. The summed E-state index contributed by atoms with van der Waals surface area (Å²) in [7, 11) is 0. The second-order valence-corrected chi connectivity index (χ2v) is 6.10. The number of hydrazine groups is 1. The third-order valence-corrected chi connectivity index (χ3v) is 4.47. The van der Waals surface area contributed by atoms with Gasteiger partial charge in [-0.25, -0.2) is 5.01 Å². The molecule has 3 N–H and O–H groups in total. The van der Waals surface area contributed by atoms with Gasteiger partial charge in [-0.05, 0) is 6.07 Å². The lowest BCUT2D eigenvalue weighted by molar-refractivity contribution is -0.118. The van der Waals surface area contributed by atoms with Gasteiger partial charge in [0.1, 0.15) is 0 Å². The summed E-state index contributed by atoms with van der Waals surface area (Å²) in [5.74, 6) is -2.06. The van der Waals surface area contributed by atoms with E-state index < -0.39 is 23.2 Å². The monoisotopic (exact) mass is 349 g/mol. The molecule has 0 saturated heterocycles. The van der Waals surface area contributed by atoms with Gasteiger partial charge in [-0.15, -0.1) is 0 Å². The fraction of sp³-hybridized carbons (Fsp3) is 0.105. The van der Waals surface area contributed by atoms with E-state index in [4.69, 9.17) is 0 Å². The molecule has 0 bridgehead atoms. The SMILES string of the molecule is CC(=O)N(NC1(O)C(=O)c2ccccc2C1=O)c1c[nH]c2ccccc12. The van der Waals surface area contributed by atoms with Crippen molar-refractivity contribution in [1.82, 2.24) is 10.4 Å². The van der Waals surface area contributed by atoms with E-state index in [1.54, 1.807) is 30.5 Å². The average molecular weight is 349 g/mol. The zero-order valence-electron chi connectivity index (χ0n) is 13.8. The standard InChI is InChI=1S/C19H15N3O4/c1-11(23)22(16-10-20-15-9-5-4-8-14(15)16)21-19(26)17(24)12-6-2-3-7-13(12)18(19)25/h2-10,20-21,26H,1H3. The Bertz CT molecular complexity index is 1030. The molecule has 0 unspecified atom stereocenters. The number of benzene rings is 2. The van der Waals surface area contributed by atoms with Gasteiger partial charge in [0, 0.05) is 35.2 Å². The fourth-order valence-corrected chi connectivity index (χ4v) is 3.19. The molecule has 4 rings (SSSR count). The minimum Gasteiger partial charge on any atom is -0.361 e. The molecule has 0 saturated carbocycles. The molecule has 1 heterocycles. The molecule has 26 heavy (non-hydrogen) atoms. The Balaban J connectivity index is 1.78. The van der Waals surface area contributed by atoms with Crippen LogP contribution in [0.25, 0.3) is 10.9 Å². The molecule has 2 aromatic carbocycles. The average Bonchev–Trinajstić information content (AvgIpc) is 3.15. The number of fused-ring (bicyclic) bond motifs is 2. The summed E-state index contributed by atoms with van der Waals surface area (Å²) in [4.78, 5) is 40.5. The second kappa shape index (κ2) is 5.62. The number of carbonyl (C=O) groups is 3. The molecule has 0 fully saturated rings. The number of aliphatic hydroxyl groups is 1. The van der Waals surface area contributed by atoms with E-state index in [2.05, 4.69) is 10.4 Å². The Morgan fingerprint density at radius 3 is 2.23 bits per heavy atom. The van der Waals surface area contributed by atoms with Crippen molar-refractivity contribution in [2.45, 2.75) is 12.6 Å². The number of amides is 1. The van der Waals surface area contributed by atoms with Crippen LogP contribution in [0.3, 0.4) is 0 Å². The van der Waals surface area contributed by atoms with Crippen molar-refractivity contribution >= 4 is 34.1 Å². The topological polar surface area (TPSA) is 102 Å². The van der Waals surface area contributed by atoms with Crippen LogP contribution in [0.4, 0.5) is 5.69 Å². The Kier molecular flexibility index (Phi) is 3.50. The molecule has 1 amide bonds. The van der Waals surface area contributed by atoms with E-state index >= 15 is 0 Å². The van der Waals surface area contributed by atoms with Gasteiger partial charge in [-0.3, -0.25) is 14.4 Å². The van der Waals surface area contributed by atoms with Crippen LogP contribution in [-0.4, -0.2) is 33.3 Å². The number of para-hydroxylation sites is 1. The van der Waals surface area contributed by atoms with Crippen LogP contribution >= 0.6 is 0 Å². The van der Waals surface area contributed by atoms with Crippen molar-refractivity contribution < 1.29 is 19.5 Å². The molecule has 3 aromatic rings. The van der Waals surface area contributed by atoms with Crippen LogP contribution in [0.5, 0.6) is 0 Å². The maximum Gasteiger partial charge on any atom is 0.262 e.